The van der Waals surface area contributed by atoms with Gasteiger partial charge in [-0.3, -0.25) is 9.48 Å². The van der Waals surface area contributed by atoms with Crippen LogP contribution in [0.2, 0.25) is 0 Å². The highest BCUT2D eigenvalue weighted by atomic mass is 79.9. The van der Waals surface area contributed by atoms with Crippen LogP contribution in [0, 0.1) is 6.92 Å². The number of carbonyl (C=O) groups is 1. The maximum atomic E-state index is 13.1. The van der Waals surface area contributed by atoms with Crippen molar-refractivity contribution in [3.8, 4) is 0 Å². The van der Waals surface area contributed by atoms with Gasteiger partial charge in [0.15, 0.2) is 5.69 Å². The summed E-state index contributed by atoms with van der Waals surface area (Å²) < 4.78 is 40.8. The first kappa shape index (κ1) is 16.0. The standard InChI is InChI=1S/C11H12BrF3N4O2/c1-5-4-10(21,11(13,14)15)19(16-5)9(20)8-7(12)6(2)18(3)17-8/h21H,4H2,1-3H3/t10-/m1/s1. The lowest BCUT2D eigenvalue weighted by molar-refractivity contribution is -0.297. The molecule has 1 atom stereocenters. The molecule has 0 saturated carbocycles. The number of alkyl halides is 3. The number of hydrogen-bond donors (Lipinski definition) is 1. The van der Waals surface area contributed by atoms with E-state index < -0.39 is 24.2 Å². The molecule has 0 saturated heterocycles. The van der Waals surface area contributed by atoms with Crippen molar-refractivity contribution in [3.63, 3.8) is 0 Å². The first-order valence-corrected chi connectivity index (χ1v) is 6.65. The highest BCUT2D eigenvalue weighted by Crippen LogP contribution is 2.41. The zero-order valence-corrected chi connectivity index (χ0v) is 12.9. The van der Waals surface area contributed by atoms with Gasteiger partial charge in [0.05, 0.1) is 10.2 Å². The first-order valence-electron chi connectivity index (χ1n) is 5.86. The molecule has 2 rings (SSSR count). The van der Waals surface area contributed by atoms with Crippen LogP contribution in [0.3, 0.4) is 0 Å². The minimum absolute atomic E-state index is 0.00644. The largest absolute Gasteiger partial charge is 0.438 e. The quantitative estimate of drug-likeness (QED) is 0.823. The van der Waals surface area contributed by atoms with Crippen molar-refractivity contribution in [2.45, 2.75) is 32.2 Å². The highest BCUT2D eigenvalue weighted by molar-refractivity contribution is 9.10. The van der Waals surface area contributed by atoms with Crippen molar-refractivity contribution in [3.05, 3.63) is 15.9 Å². The van der Waals surface area contributed by atoms with Crippen molar-refractivity contribution in [1.82, 2.24) is 14.8 Å². The molecule has 1 aromatic heterocycles. The number of hydrazone groups is 1. The Balaban J connectivity index is 2.48. The Morgan fingerprint density at radius 2 is 2.00 bits per heavy atom. The predicted molar refractivity (Wildman–Crippen MR) is 70.5 cm³/mol. The summed E-state index contributed by atoms with van der Waals surface area (Å²) in [7, 11) is 1.55. The van der Waals surface area contributed by atoms with E-state index in [4.69, 9.17) is 0 Å². The minimum atomic E-state index is -5.03. The Hall–Kier alpha value is -1.42. The van der Waals surface area contributed by atoms with Gasteiger partial charge in [0.2, 0.25) is 0 Å². The fourth-order valence-corrected chi connectivity index (χ4v) is 2.48. The van der Waals surface area contributed by atoms with Crippen LogP contribution in [0.1, 0.15) is 29.5 Å². The van der Waals surface area contributed by atoms with Crippen molar-refractivity contribution >= 4 is 27.5 Å². The molecule has 116 valence electrons. The molecule has 21 heavy (non-hydrogen) atoms. The monoisotopic (exact) mass is 368 g/mol. The average Bonchev–Trinajstić information content (AvgIpc) is 2.80. The number of hydrogen-bond acceptors (Lipinski definition) is 4. The first-order chi connectivity index (χ1) is 9.49. The molecule has 0 radical (unpaired) electrons. The van der Waals surface area contributed by atoms with E-state index in [-0.39, 0.29) is 20.9 Å². The molecule has 1 aliphatic heterocycles. The van der Waals surface area contributed by atoms with E-state index in [1.54, 1.807) is 14.0 Å². The summed E-state index contributed by atoms with van der Waals surface area (Å²) in [6.07, 6.45) is -5.81. The molecule has 1 amide bonds. The number of nitrogens with zero attached hydrogens (tertiary/aromatic N) is 4. The van der Waals surface area contributed by atoms with Gasteiger partial charge in [-0.15, -0.1) is 0 Å². The van der Waals surface area contributed by atoms with Crippen LogP contribution in [0.25, 0.3) is 0 Å². The lowest BCUT2D eigenvalue weighted by atomic mass is 10.1. The predicted octanol–water partition coefficient (Wildman–Crippen LogP) is 1.96. The van der Waals surface area contributed by atoms with Crippen LogP contribution in [0.4, 0.5) is 13.2 Å². The second-order valence-electron chi connectivity index (χ2n) is 4.81. The fourth-order valence-electron chi connectivity index (χ4n) is 1.97. The lowest BCUT2D eigenvalue weighted by Gasteiger charge is -2.32. The number of aryl methyl sites for hydroxylation is 1. The number of aromatic nitrogens is 2. The normalized spacial score (nSPS) is 22.7. The maximum Gasteiger partial charge on any atom is 0.438 e. The Morgan fingerprint density at radius 1 is 1.43 bits per heavy atom. The summed E-state index contributed by atoms with van der Waals surface area (Å²) in [4.78, 5) is 12.3. The molecule has 1 aliphatic rings. The van der Waals surface area contributed by atoms with Gasteiger partial charge in [-0.2, -0.15) is 28.4 Å². The van der Waals surface area contributed by atoms with Gasteiger partial charge in [-0.25, -0.2) is 0 Å². The van der Waals surface area contributed by atoms with Crippen LogP contribution in [0.15, 0.2) is 9.57 Å². The highest BCUT2D eigenvalue weighted by Gasteiger charge is 2.63. The lowest BCUT2D eigenvalue weighted by Crippen LogP contribution is -2.56. The molecule has 0 fully saturated rings. The summed E-state index contributed by atoms with van der Waals surface area (Å²) in [6.45, 7) is 2.95. The molecule has 0 unspecified atom stereocenters. The Morgan fingerprint density at radius 3 is 2.43 bits per heavy atom. The summed E-state index contributed by atoms with van der Waals surface area (Å²) in [5, 5.41) is 17.3. The molecular formula is C11H12BrF3N4O2. The zero-order chi connectivity index (χ0) is 16.2. The SMILES string of the molecule is CC1=NN(C(=O)c2nn(C)c(C)c2Br)[C@](O)(C(F)(F)F)C1. The van der Waals surface area contributed by atoms with E-state index in [0.717, 1.165) is 0 Å². The molecule has 6 nitrogen and oxygen atoms in total. The van der Waals surface area contributed by atoms with Crippen LogP contribution in [-0.2, 0) is 7.05 Å². The van der Waals surface area contributed by atoms with Gasteiger partial charge in [0.25, 0.3) is 11.6 Å². The van der Waals surface area contributed by atoms with Crippen LogP contribution >= 0.6 is 15.9 Å². The molecular weight excluding hydrogens is 357 g/mol. The van der Waals surface area contributed by atoms with E-state index in [9.17, 15) is 23.1 Å². The smallest absolute Gasteiger partial charge is 0.362 e. The second kappa shape index (κ2) is 4.80. The third-order valence-corrected chi connectivity index (χ3v) is 4.18. The molecule has 2 heterocycles. The Labute approximate surface area is 126 Å². The van der Waals surface area contributed by atoms with E-state index in [0.29, 0.717) is 5.69 Å². The molecule has 0 aromatic carbocycles. The van der Waals surface area contributed by atoms with Crippen LogP contribution < -0.4 is 0 Å². The van der Waals surface area contributed by atoms with Gasteiger partial charge >= 0.3 is 6.18 Å². The van der Waals surface area contributed by atoms with E-state index in [2.05, 4.69) is 26.1 Å². The summed E-state index contributed by atoms with van der Waals surface area (Å²) in [6, 6.07) is 0. The van der Waals surface area contributed by atoms with Crippen molar-refractivity contribution < 1.29 is 23.1 Å². The Bertz CT molecular complexity index is 640. The third kappa shape index (κ3) is 2.35. The van der Waals surface area contributed by atoms with E-state index in [1.165, 1.54) is 11.6 Å². The topological polar surface area (TPSA) is 70.7 Å². The summed E-state index contributed by atoms with van der Waals surface area (Å²) in [5.74, 6) is -1.12. The number of rotatable bonds is 1. The number of amides is 1. The summed E-state index contributed by atoms with van der Waals surface area (Å²) in [5.41, 5.74) is -3.02. The Kier molecular flexibility index (Phi) is 3.65. The van der Waals surface area contributed by atoms with Gasteiger partial charge < -0.3 is 5.11 Å². The number of carbonyl (C=O) groups excluding carboxylic acids is 1. The molecule has 0 aliphatic carbocycles. The van der Waals surface area contributed by atoms with E-state index in [1.807, 2.05) is 0 Å². The third-order valence-electron chi connectivity index (χ3n) is 3.23. The molecule has 0 bridgehead atoms. The van der Waals surface area contributed by atoms with Crippen molar-refractivity contribution in [2.24, 2.45) is 12.1 Å². The average molecular weight is 369 g/mol. The minimum Gasteiger partial charge on any atom is -0.362 e. The zero-order valence-electron chi connectivity index (χ0n) is 11.4. The molecule has 1 N–H and O–H groups in total. The molecule has 0 spiro atoms. The second-order valence-corrected chi connectivity index (χ2v) is 5.61. The van der Waals surface area contributed by atoms with Gasteiger partial charge in [-0.1, -0.05) is 0 Å². The molecule has 1 aromatic rings. The van der Waals surface area contributed by atoms with Crippen LogP contribution in [0.5, 0.6) is 0 Å². The summed E-state index contributed by atoms with van der Waals surface area (Å²) >= 11 is 3.11. The fraction of sp³-hybridized carbons (Fsp3) is 0.545. The van der Waals surface area contributed by atoms with E-state index >= 15 is 0 Å². The van der Waals surface area contributed by atoms with Crippen molar-refractivity contribution in [2.75, 3.05) is 0 Å². The van der Waals surface area contributed by atoms with Crippen LogP contribution in [-0.4, -0.2) is 43.4 Å². The van der Waals surface area contributed by atoms with Crippen molar-refractivity contribution in [1.29, 1.82) is 0 Å². The van der Waals surface area contributed by atoms with Gasteiger partial charge in [0, 0.05) is 19.2 Å². The van der Waals surface area contributed by atoms with Gasteiger partial charge in [0.1, 0.15) is 0 Å². The molecule has 10 heteroatoms. The maximum absolute atomic E-state index is 13.1. The number of aliphatic hydroxyl groups is 1. The van der Waals surface area contributed by atoms with Gasteiger partial charge in [-0.05, 0) is 29.8 Å². The number of halogens is 4.